The van der Waals surface area contributed by atoms with Crippen molar-refractivity contribution in [2.24, 2.45) is 5.92 Å². The lowest BCUT2D eigenvalue weighted by Gasteiger charge is -2.27. The third-order valence-corrected chi connectivity index (χ3v) is 5.10. The van der Waals surface area contributed by atoms with E-state index in [0.29, 0.717) is 11.3 Å². The maximum Gasteiger partial charge on any atom is 0.321 e. The monoisotopic (exact) mass is 417 g/mol. The van der Waals surface area contributed by atoms with Crippen LogP contribution in [0.3, 0.4) is 0 Å². The Bertz CT molecular complexity index is 942. The van der Waals surface area contributed by atoms with Gasteiger partial charge in [0.05, 0.1) is 11.7 Å². The molecule has 0 spiro atoms. The van der Waals surface area contributed by atoms with Crippen molar-refractivity contribution in [3.8, 4) is 0 Å². The Morgan fingerprint density at radius 1 is 1.21 bits per heavy atom. The molecule has 1 aromatic heterocycles. The Balaban J connectivity index is 1.50. The lowest BCUT2D eigenvalue weighted by Crippen LogP contribution is -2.57. The number of anilines is 1. The number of ketones is 1. The van der Waals surface area contributed by atoms with Gasteiger partial charge in [-0.2, -0.15) is 0 Å². The summed E-state index contributed by atoms with van der Waals surface area (Å²) in [5.41, 5.74) is 1.14. The number of benzene rings is 1. The summed E-state index contributed by atoms with van der Waals surface area (Å²) < 4.78 is 5.48. The van der Waals surface area contributed by atoms with E-state index in [4.69, 9.17) is 4.42 Å². The molecule has 0 aliphatic carbocycles. The summed E-state index contributed by atoms with van der Waals surface area (Å²) in [6.07, 6.45) is 0.176. The summed E-state index contributed by atoms with van der Waals surface area (Å²) in [6, 6.07) is 5.70. The van der Waals surface area contributed by atoms with Crippen molar-refractivity contribution in [3.05, 3.63) is 35.7 Å². The molecule has 2 atom stereocenters. The van der Waals surface area contributed by atoms with Gasteiger partial charge in [-0.05, 0) is 38.1 Å². The van der Waals surface area contributed by atoms with Crippen LogP contribution < -0.4 is 16.0 Å². The molecule has 1 aliphatic rings. The highest BCUT2D eigenvalue weighted by molar-refractivity contribution is 7.99. The van der Waals surface area contributed by atoms with E-state index < -0.39 is 17.9 Å². The average molecular weight is 417 g/mol. The molecule has 2 heterocycles. The molecule has 11 heteroatoms. The Labute approximate surface area is 170 Å². The van der Waals surface area contributed by atoms with E-state index in [1.54, 1.807) is 31.2 Å². The first-order valence-electron chi connectivity index (χ1n) is 8.79. The van der Waals surface area contributed by atoms with Crippen molar-refractivity contribution in [3.63, 3.8) is 0 Å². The smallest absolute Gasteiger partial charge is 0.321 e. The average Bonchev–Trinajstić information content (AvgIpc) is 3.11. The first-order valence-corrected chi connectivity index (χ1v) is 9.78. The maximum atomic E-state index is 12.1. The number of imide groups is 1. The largest absolute Gasteiger partial charge is 0.416 e. The Hall–Kier alpha value is -3.21. The SMILES string of the molecule is CC(=O)c1ccc(NC(=O)CSc2nnc(CC3C(=O)NC(=O)NC3C)o2)cc1. The zero-order valence-electron chi connectivity index (χ0n) is 15.7. The fourth-order valence-corrected chi connectivity index (χ4v) is 3.30. The number of hydrogen-bond donors (Lipinski definition) is 3. The molecule has 10 nitrogen and oxygen atoms in total. The van der Waals surface area contributed by atoms with Crippen LogP contribution in [0.4, 0.5) is 10.5 Å². The van der Waals surface area contributed by atoms with E-state index in [1.807, 2.05) is 0 Å². The third kappa shape index (κ3) is 5.41. The van der Waals surface area contributed by atoms with Gasteiger partial charge in [-0.3, -0.25) is 19.7 Å². The maximum absolute atomic E-state index is 12.1. The highest BCUT2D eigenvalue weighted by Gasteiger charge is 2.34. The molecule has 2 unspecified atom stereocenters. The topological polar surface area (TPSA) is 143 Å². The Morgan fingerprint density at radius 3 is 2.59 bits per heavy atom. The number of rotatable bonds is 7. The molecule has 1 aromatic carbocycles. The van der Waals surface area contributed by atoms with Gasteiger partial charge in [-0.25, -0.2) is 4.79 Å². The summed E-state index contributed by atoms with van der Waals surface area (Å²) in [4.78, 5) is 46.5. The Kier molecular flexibility index (Phi) is 6.27. The van der Waals surface area contributed by atoms with E-state index >= 15 is 0 Å². The van der Waals surface area contributed by atoms with Crippen molar-refractivity contribution < 1.29 is 23.6 Å². The predicted molar refractivity (Wildman–Crippen MR) is 103 cm³/mol. The molecule has 29 heavy (non-hydrogen) atoms. The number of urea groups is 1. The van der Waals surface area contributed by atoms with Gasteiger partial charge in [0.25, 0.3) is 5.22 Å². The Morgan fingerprint density at radius 2 is 1.93 bits per heavy atom. The van der Waals surface area contributed by atoms with Crippen molar-refractivity contribution in [1.29, 1.82) is 0 Å². The van der Waals surface area contributed by atoms with Crippen LogP contribution in [0.25, 0.3) is 0 Å². The van der Waals surface area contributed by atoms with Crippen LogP contribution in [0.2, 0.25) is 0 Å². The molecule has 4 amide bonds. The van der Waals surface area contributed by atoms with Crippen LogP contribution in [0.15, 0.2) is 33.9 Å². The van der Waals surface area contributed by atoms with Gasteiger partial charge < -0.3 is 15.1 Å². The molecular weight excluding hydrogens is 398 g/mol. The summed E-state index contributed by atoms with van der Waals surface area (Å²) in [5, 5.41) is 15.5. The fraction of sp³-hybridized carbons (Fsp3) is 0.333. The third-order valence-electron chi connectivity index (χ3n) is 4.28. The number of hydrogen-bond acceptors (Lipinski definition) is 8. The molecule has 0 bridgehead atoms. The van der Waals surface area contributed by atoms with Gasteiger partial charge >= 0.3 is 6.03 Å². The van der Waals surface area contributed by atoms with Gasteiger partial charge in [0, 0.05) is 23.7 Å². The second kappa shape index (κ2) is 8.86. The minimum absolute atomic E-state index is 0.0480. The van der Waals surface area contributed by atoms with Gasteiger partial charge in [0.1, 0.15) is 0 Å². The van der Waals surface area contributed by atoms with Gasteiger partial charge in [-0.15, -0.1) is 10.2 Å². The van der Waals surface area contributed by atoms with E-state index in [2.05, 4.69) is 26.1 Å². The highest BCUT2D eigenvalue weighted by Crippen LogP contribution is 2.20. The van der Waals surface area contributed by atoms with Crippen molar-refractivity contribution >= 4 is 41.1 Å². The van der Waals surface area contributed by atoms with Crippen molar-refractivity contribution in [1.82, 2.24) is 20.8 Å². The van der Waals surface area contributed by atoms with Crippen LogP contribution in [0.1, 0.15) is 30.1 Å². The van der Waals surface area contributed by atoms with Crippen molar-refractivity contribution in [2.45, 2.75) is 31.5 Å². The summed E-state index contributed by atoms with van der Waals surface area (Å²) >= 11 is 1.06. The van der Waals surface area contributed by atoms with E-state index in [1.165, 1.54) is 6.92 Å². The number of aromatic nitrogens is 2. The molecule has 1 saturated heterocycles. The molecule has 0 radical (unpaired) electrons. The number of nitrogens with one attached hydrogen (secondary N) is 3. The molecule has 3 N–H and O–H groups in total. The molecule has 0 saturated carbocycles. The van der Waals surface area contributed by atoms with E-state index in [0.717, 1.165) is 11.8 Å². The predicted octanol–water partition coefficient (Wildman–Crippen LogP) is 1.39. The summed E-state index contributed by atoms with van der Waals surface area (Å²) in [5.74, 6) is -0.944. The van der Waals surface area contributed by atoms with Crippen molar-refractivity contribution in [2.75, 3.05) is 11.1 Å². The molecular formula is C18H19N5O5S. The van der Waals surface area contributed by atoms with Crippen LogP contribution in [0.5, 0.6) is 0 Å². The number of amides is 4. The lowest BCUT2D eigenvalue weighted by atomic mass is 9.95. The van der Waals surface area contributed by atoms with E-state index in [-0.39, 0.29) is 41.0 Å². The minimum atomic E-state index is -0.525. The number of Topliss-reactive ketones (excluding diaryl/α,β-unsaturated/α-hetero) is 1. The molecule has 152 valence electrons. The number of nitrogens with zero attached hydrogens (tertiary/aromatic N) is 2. The summed E-state index contributed by atoms with van der Waals surface area (Å²) in [6.45, 7) is 3.20. The quantitative estimate of drug-likeness (QED) is 0.453. The molecule has 1 fully saturated rings. The van der Waals surface area contributed by atoms with Gasteiger partial charge in [-0.1, -0.05) is 11.8 Å². The van der Waals surface area contributed by atoms with Crippen LogP contribution >= 0.6 is 11.8 Å². The zero-order chi connectivity index (χ0) is 21.0. The lowest BCUT2D eigenvalue weighted by molar-refractivity contribution is -0.125. The number of thioether (sulfide) groups is 1. The van der Waals surface area contributed by atoms with Crippen LogP contribution in [-0.2, 0) is 16.0 Å². The van der Waals surface area contributed by atoms with Gasteiger partial charge in [0.15, 0.2) is 5.78 Å². The van der Waals surface area contributed by atoms with Crippen LogP contribution in [0, 0.1) is 5.92 Å². The normalized spacial score (nSPS) is 18.7. The summed E-state index contributed by atoms with van der Waals surface area (Å²) in [7, 11) is 0. The fourth-order valence-electron chi connectivity index (χ4n) is 2.72. The first kappa shape index (κ1) is 20.5. The first-order chi connectivity index (χ1) is 13.8. The second-order valence-electron chi connectivity index (χ2n) is 6.49. The van der Waals surface area contributed by atoms with Gasteiger partial charge in [0.2, 0.25) is 17.7 Å². The zero-order valence-corrected chi connectivity index (χ0v) is 16.5. The van der Waals surface area contributed by atoms with E-state index in [9.17, 15) is 19.2 Å². The number of carbonyl (C=O) groups is 4. The molecule has 3 rings (SSSR count). The molecule has 1 aliphatic heterocycles. The molecule has 2 aromatic rings. The minimum Gasteiger partial charge on any atom is -0.416 e. The van der Waals surface area contributed by atoms with Crippen LogP contribution in [-0.4, -0.2) is 45.6 Å². The number of carbonyl (C=O) groups excluding carboxylic acids is 4. The second-order valence-corrected chi connectivity index (χ2v) is 7.42. The highest BCUT2D eigenvalue weighted by atomic mass is 32.2. The standard InChI is InChI=1S/C18H19N5O5S/c1-9-13(16(26)21-17(27)19-9)7-15-22-23-18(28-15)29-8-14(25)20-12-5-3-11(4-6-12)10(2)24/h3-6,9,13H,7-8H2,1-2H3,(H,20,25)(H2,19,21,26,27).